The zero-order valence-electron chi connectivity index (χ0n) is 13.5. The molecule has 1 fully saturated rings. The molecule has 0 amide bonds. The van der Waals surface area contributed by atoms with Crippen molar-refractivity contribution in [2.24, 2.45) is 16.7 Å². The summed E-state index contributed by atoms with van der Waals surface area (Å²) in [5.74, 6) is 0.792. The molecule has 102 valence electrons. The molecule has 1 saturated heterocycles. The maximum atomic E-state index is 2.69. The molecule has 0 spiro atoms. The third-order valence-electron chi connectivity index (χ3n) is 4.67. The van der Waals surface area contributed by atoms with Crippen molar-refractivity contribution in [1.82, 2.24) is 4.90 Å². The van der Waals surface area contributed by atoms with Crippen LogP contribution in [-0.4, -0.2) is 23.0 Å². The van der Waals surface area contributed by atoms with E-state index in [0.29, 0.717) is 22.4 Å². The van der Waals surface area contributed by atoms with Gasteiger partial charge in [-0.2, -0.15) is 0 Å². The molecule has 0 aromatic carbocycles. The Kier molecular flexibility index (Phi) is 3.76. The van der Waals surface area contributed by atoms with E-state index in [-0.39, 0.29) is 0 Å². The van der Waals surface area contributed by atoms with Gasteiger partial charge in [0.05, 0.1) is 0 Å². The van der Waals surface area contributed by atoms with Crippen LogP contribution in [0.2, 0.25) is 0 Å². The predicted molar refractivity (Wildman–Crippen MR) is 77.3 cm³/mol. The van der Waals surface area contributed by atoms with Crippen molar-refractivity contribution >= 4 is 0 Å². The van der Waals surface area contributed by atoms with Crippen molar-refractivity contribution < 1.29 is 0 Å². The molecule has 1 heteroatoms. The van der Waals surface area contributed by atoms with E-state index in [9.17, 15) is 0 Å². The van der Waals surface area contributed by atoms with E-state index in [1.54, 1.807) is 0 Å². The molecule has 1 atom stereocenters. The quantitative estimate of drug-likeness (QED) is 0.648. The summed E-state index contributed by atoms with van der Waals surface area (Å²) in [4.78, 5) is 2.69. The van der Waals surface area contributed by atoms with Gasteiger partial charge in [-0.3, -0.25) is 4.90 Å². The smallest absolute Gasteiger partial charge is 0.0159 e. The number of likely N-dealkylation sites (tertiary alicyclic amines) is 1. The lowest BCUT2D eigenvalue weighted by molar-refractivity contribution is -0.0860. The van der Waals surface area contributed by atoms with Crippen molar-refractivity contribution in [2.45, 2.75) is 80.3 Å². The van der Waals surface area contributed by atoms with Gasteiger partial charge in [-0.05, 0) is 50.9 Å². The van der Waals surface area contributed by atoms with Crippen molar-refractivity contribution in [3.05, 3.63) is 0 Å². The average molecular weight is 239 g/mol. The number of hydrogen-bond acceptors (Lipinski definition) is 1. The summed E-state index contributed by atoms with van der Waals surface area (Å²) in [6.45, 7) is 22.8. The Labute approximate surface area is 109 Å². The van der Waals surface area contributed by atoms with Crippen LogP contribution in [0.5, 0.6) is 0 Å². The second-order valence-electron chi connectivity index (χ2n) is 8.65. The number of hydrogen-bond donors (Lipinski definition) is 0. The highest BCUT2D eigenvalue weighted by Crippen LogP contribution is 2.50. The SMILES string of the molecule is CC(C)N1CC(C)(C)C(C(C)(C)C)CC1(C)C. The fraction of sp³-hybridized carbons (Fsp3) is 1.00. The zero-order valence-corrected chi connectivity index (χ0v) is 13.5. The standard InChI is InChI=1S/C16H33N/c1-12(2)17-11-15(6,7)13(14(3,4)5)10-16(17,8)9/h12-13H,10-11H2,1-9H3. The Bertz CT molecular complexity index is 268. The Morgan fingerprint density at radius 3 is 1.88 bits per heavy atom. The van der Waals surface area contributed by atoms with Gasteiger partial charge in [0.25, 0.3) is 0 Å². The second-order valence-corrected chi connectivity index (χ2v) is 8.65. The van der Waals surface area contributed by atoms with Crippen molar-refractivity contribution in [2.75, 3.05) is 6.54 Å². The van der Waals surface area contributed by atoms with Gasteiger partial charge < -0.3 is 0 Å². The third kappa shape index (κ3) is 3.05. The van der Waals surface area contributed by atoms with Crippen molar-refractivity contribution in [3.63, 3.8) is 0 Å². The van der Waals surface area contributed by atoms with E-state index in [0.717, 1.165) is 5.92 Å². The van der Waals surface area contributed by atoms with Gasteiger partial charge in [-0.15, -0.1) is 0 Å². The summed E-state index contributed by atoms with van der Waals surface area (Å²) in [5, 5.41) is 0. The Morgan fingerprint density at radius 1 is 1.06 bits per heavy atom. The minimum Gasteiger partial charge on any atom is -0.295 e. The fourth-order valence-electron chi connectivity index (χ4n) is 4.02. The molecule has 0 bridgehead atoms. The summed E-state index contributed by atoms with van der Waals surface area (Å²) in [5.41, 5.74) is 1.16. The van der Waals surface area contributed by atoms with Gasteiger partial charge in [0.1, 0.15) is 0 Å². The molecule has 0 N–H and O–H groups in total. The molecule has 17 heavy (non-hydrogen) atoms. The Morgan fingerprint density at radius 2 is 1.53 bits per heavy atom. The van der Waals surface area contributed by atoms with E-state index in [4.69, 9.17) is 0 Å². The number of piperidine rings is 1. The van der Waals surface area contributed by atoms with Gasteiger partial charge in [0.2, 0.25) is 0 Å². The molecule has 1 aliphatic heterocycles. The van der Waals surface area contributed by atoms with E-state index < -0.39 is 0 Å². The molecular weight excluding hydrogens is 206 g/mol. The van der Waals surface area contributed by atoms with Crippen LogP contribution in [0.3, 0.4) is 0 Å². The van der Waals surface area contributed by atoms with Gasteiger partial charge in [0.15, 0.2) is 0 Å². The Balaban J connectivity index is 3.03. The normalized spacial score (nSPS) is 29.6. The minimum absolute atomic E-state index is 0.335. The van der Waals surface area contributed by atoms with Gasteiger partial charge in [-0.1, -0.05) is 34.6 Å². The van der Waals surface area contributed by atoms with Crippen LogP contribution in [0.15, 0.2) is 0 Å². The van der Waals surface area contributed by atoms with E-state index in [1.165, 1.54) is 13.0 Å². The summed E-state index contributed by atoms with van der Waals surface area (Å²) < 4.78 is 0. The fourth-order valence-corrected chi connectivity index (χ4v) is 4.02. The maximum Gasteiger partial charge on any atom is 0.0159 e. The van der Waals surface area contributed by atoms with E-state index in [1.807, 2.05) is 0 Å². The van der Waals surface area contributed by atoms with Crippen LogP contribution >= 0.6 is 0 Å². The number of nitrogens with zero attached hydrogens (tertiary/aromatic N) is 1. The highest BCUT2D eigenvalue weighted by molar-refractivity contribution is 5.01. The second kappa shape index (κ2) is 4.26. The molecule has 0 aliphatic carbocycles. The highest BCUT2D eigenvalue weighted by Gasteiger charge is 2.49. The molecule has 1 nitrogen and oxygen atoms in total. The largest absolute Gasteiger partial charge is 0.295 e. The summed E-state index contributed by atoms with van der Waals surface area (Å²) >= 11 is 0. The molecule has 0 saturated carbocycles. The minimum atomic E-state index is 0.335. The Hall–Kier alpha value is -0.0400. The summed E-state index contributed by atoms with van der Waals surface area (Å²) in [7, 11) is 0. The topological polar surface area (TPSA) is 3.24 Å². The molecule has 1 unspecified atom stereocenters. The lowest BCUT2D eigenvalue weighted by atomic mass is 9.58. The predicted octanol–water partition coefficient (Wildman–Crippen LogP) is 4.57. The van der Waals surface area contributed by atoms with Crippen LogP contribution in [-0.2, 0) is 0 Å². The first-order chi connectivity index (χ1) is 7.38. The monoisotopic (exact) mass is 239 g/mol. The molecule has 0 radical (unpaired) electrons. The summed E-state index contributed by atoms with van der Waals surface area (Å²) in [6.07, 6.45) is 1.31. The molecule has 0 aromatic heterocycles. The maximum absolute atomic E-state index is 2.69. The molecular formula is C16H33N. The first-order valence-electron chi connectivity index (χ1n) is 7.15. The van der Waals surface area contributed by atoms with Gasteiger partial charge in [-0.25, -0.2) is 0 Å². The van der Waals surface area contributed by atoms with Crippen LogP contribution in [0.25, 0.3) is 0 Å². The van der Waals surface area contributed by atoms with Crippen LogP contribution in [0, 0.1) is 16.7 Å². The number of rotatable bonds is 1. The van der Waals surface area contributed by atoms with E-state index >= 15 is 0 Å². The third-order valence-corrected chi connectivity index (χ3v) is 4.67. The van der Waals surface area contributed by atoms with Crippen molar-refractivity contribution in [1.29, 1.82) is 0 Å². The first kappa shape index (κ1) is 15.0. The average Bonchev–Trinajstić information content (AvgIpc) is 2.06. The molecule has 1 heterocycles. The lowest BCUT2D eigenvalue weighted by Crippen LogP contribution is -2.61. The molecule has 0 aromatic rings. The summed E-state index contributed by atoms with van der Waals surface area (Å²) in [6, 6.07) is 0.644. The van der Waals surface area contributed by atoms with Crippen molar-refractivity contribution in [3.8, 4) is 0 Å². The zero-order chi connectivity index (χ0) is 13.6. The highest BCUT2D eigenvalue weighted by atomic mass is 15.2. The van der Waals surface area contributed by atoms with Crippen LogP contribution in [0.1, 0.15) is 68.7 Å². The molecule has 1 aliphatic rings. The van der Waals surface area contributed by atoms with Gasteiger partial charge >= 0.3 is 0 Å². The van der Waals surface area contributed by atoms with Crippen LogP contribution < -0.4 is 0 Å². The first-order valence-corrected chi connectivity index (χ1v) is 7.15. The van der Waals surface area contributed by atoms with E-state index in [2.05, 4.69) is 67.2 Å². The lowest BCUT2D eigenvalue weighted by Gasteiger charge is -2.58. The van der Waals surface area contributed by atoms with Gasteiger partial charge in [0, 0.05) is 18.1 Å². The van der Waals surface area contributed by atoms with Crippen LogP contribution in [0.4, 0.5) is 0 Å². The molecule has 1 rings (SSSR count).